The molecule has 0 radical (unpaired) electrons. The summed E-state index contributed by atoms with van der Waals surface area (Å²) in [7, 11) is 1.76. The maximum atomic E-state index is 12.9. The first-order chi connectivity index (χ1) is 8.93. The van der Waals surface area contributed by atoms with E-state index in [4.69, 9.17) is 5.73 Å². The van der Waals surface area contributed by atoms with Gasteiger partial charge in [-0.2, -0.15) is 13.2 Å². The number of nitrogens with one attached hydrogen (secondary N) is 1. The number of aromatic nitrogens is 2. The molecule has 0 bridgehead atoms. The first-order valence-electron chi connectivity index (χ1n) is 5.70. The lowest BCUT2D eigenvalue weighted by molar-refractivity contribution is -0.136. The molecule has 0 saturated heterocycles. The Morgan fingerprint density at radius 2 is 2.00 bits per heavy atom. The lowest BCUT2D eigenvalue weighted by atomic mass is 10.1. The van der Waals surface area contributed by atoms with Crippen LogP contribution in [0.2, 0.25) is 0 Å². The van der Waals surface area contributed by atoms with Gasteiger partial charge in [-0.3, -0.25) is 0 Å². The fourth-order valence-corrected chi connectivity index (χ4v) is 1.90. The Bertz CT molecular complexity index is 595. The molecule has 0 atom stereocenters. The van der Waals surface area contributed by atoms with Gasteiger partial charge in [0, 0.05) is 18.4 Å². The van der Waals surface area contributed by atoms with Crippen LogP contribution in [0.4, 0.5) is 19.1 Å². The number of alkyl halides is 3. The lowest BCUT2D eigenvalue weighted by Crippen LogP contribution is -2.14. The van der Waals surface area contributed by atoms with Gasteiger partial charge in [0.1, 0.15) is 0 Å². The fraction of sp³-hybridized carbons (Fsp3) is 0.333. The van der Waals surface area contributed by atoms with Gasteiger partial charge in [0.15, 0.2) is 0 Å². The summed E-state index contributed by atoms with van der Waals surface area (Å²) in [6.07, 6.45) is -3.97. The monoisotopic (exact) mass is 270 g/mol. The summed E-state index contributed by atoms with van der Waals surface area (Å²) in [5, 5.41) is 3.31. The molecule has 7 heteroatoms. The van der Waals surface area contributed by atoms with Crippen molar-refractivity contribution >= 4 is 16.9 Å². The zero-order valence-electron chi connectivity index (χ0n) is 10.3. The molecule has 0 unspecified atom stereocenters. The summed E-state index contributed by atoms with van der Waals surface area (Å²) in [5.74, 6) is -0.143. The summed E-state index contributed by atoms with van der Waals surface area (Å²) in [6, 6.07) is 3.93. The maximum Gasteiger partial charge on any atom is 0.418 e. The molecule has 1 heterocycles. The molecule has 1 aromatic carbocycles. The highest BCUT2D eigenvalue weighted by molar-refractivity contribution is 5.85. The zero-order valence-corrected chi connectivity index (χ0v) is 10.3. The van der Waals surface area contributed by atoms with Crippen LogP contribution in [-0.4, -0.2) is 23.6 Å². The largest absolute Gasteiger partial charge is 0.418 e. The van der Waals surface area contributed by atoms with Crippen LogP contribution in [0.1, 0.15) is 11.3 Å². The van der Waals surface area contributed by atoms with E-state index >= 15 is 0 Å². The van der Waals surface area contributed by atoms with Crippen molar-refractivity contribution < 1.29 is 13.2 Å². The van der Waals surface area contributed by atoms with Crippen molar-refractivity contribution in [2.75, 3.05) is 19.3 Å². The molecule has 102 valence electrons. The predicted octanol–water partition coefficient (Wildman–Crippen LogP) is 1.99. The maximum absolute atomic E-state index is 12.9. The minimum atomic E-state index is -4.46. The summed E-state index contributed by atoms with van der Waals surface area (Å²) in [6.45, 7) is 0.599. The second kappa shape index (κ2) is 5.00. The average molecular weight is 270 g/mol. The Kier molecular flexibility index (Phi) is 3.57. The average Bonchev–Trinajstić information content (AvgIpc) is 2.33. The number of nitrogens with two attached hydrogens (primary N) is 1. The number of anilines is 1. The van der Waals surface area contributed by atoms with E-state index in [0.717, 1.165) is 6.07 Å². The van der Waals surface area contributed by atoms with Crippen LogP contribution >= 0.6 is 0 Å². The van der Waals surface area contributed by atoms with Crippen LogP contribution in [0.5, 0.6) is 0 Å². The summed E-state index contributed by atoms with van der Waals surface area (Å²) >= 11 is 0. The number of rotatable bonds is 3. The molecule has 0 aliphatic heterocycles. The molecule has 2 rings (SSSR count). The number of para-hydroxylation sites is 1. The SMILES string of the molecule is CNCCc1nc(N)nc2c(C(F)(F)F)cccc12. The van der Waals surface area contributed by atoms with E-state index in [9.17, 15) is 13.2 Å². The van der Waals surface area contributed by atoms with Crippen LogP contribution in [-0.2, 0) is 12.6 Å². The van der Waals surface area contributed by atoms with Crippen molar-refractivity contribution in [3.63, 3.8) is 0 Å². The van der Waals surface area contributed by atoms with E-state index in [0.29, 0.717) is 24.0 Å². The Labute approximate surface area is 107 Å². The number of nitrogen functional groups attached to an aromatic ring is 1. The van der Waals surface area contributed by atoms with Crippen molar-refractivity contribution in [3.05, 3.63) is 29.5 Å². The first kappa shape index (κ1) is 13.5. The Hall–Kier alpha value is -1.89. The van der Waals surface area contributed by atoms with Gasteiger partial charge in [-0.25, -0.2) is 9.97 Å². The number of likely N-dealkylation sites (N-methyl/N-ethyl adjacent to an activating group) is 1. The van der Waals surface area contributed by atoms with Crippen molar-refractivity contribution in [2.45, 2.75) is 12.6 Å². The third kappa shape index (κ3) is 2.76. The number of nitrogens with zero attached hydrogens (tertiary/aromatic N) is 2. The van der Waals surface area contributed by atoms with Crippen molar-refractivity contribution in [1.82, 2.24) is 15.3 Å². The molecule has 0 fully saturated rings. The van der Waals surface area contributed by atoms with Crippen molar-refractivity contribution in [3.8, 4) is 0 Å². The summed E-state index contributed by atoms with van der Waals surface area (Å²) in [5.41, 5.74) is 5.08. The van der Waals surface area contributed by atoms with Gasteiger partial charge >= 0.3 is 6.18 Å². The minimum Gasteiger partial charge on any atom is -0.368 e. The highest BCUT2D eigenvalue weighted by Crippen LogP contribution is 2.34. The fourth-order valence-electron chi connectivity index (χ4n) is 1.90. The van der Waals surface area contributed by atoms with E-state index in [2.05, 4.69) is 15.3 Å². The topological polar surface area (TPSA) is 63.8 Å². The number of halogens is 3. The van der Waals surface area contributed by atoms with E-state index < -0.39 is 11.7 Å². The Morgan fingerprint density at radius 3 is 2.63 bits per heavy atom. The van der Waals surface area contributed by atoms with Crippen LogP contribution in [0, 0.1) is 0 Å². The lowest BCUT2D eigenvalue weighted by Gasteiger charge is -2.12. The van der Waals surface area contributed by atoms with E-state index in [1.165, 1.54) is 6.07 Å². The Morgan fingerprint density at radius 1 is 1.26 bits per heavy atom. The molecule has 19 heavy (non-hydrogen) atoms. The molecule has 1 aromatic heterocycles. The molecular formula is C12H13F3N4. The second-order valence-electron chi connectivity index (χ2n) is 4.08. The van der Waals surface area contributed by atoms with Gasteiger partial charge in [-0.15, -0.1) is 0 Å². The van der Waals surface area contributed by atoms with Crippen molar-refractivity contribution in [1.29, 1.82) is 0 Å². The van der Waals surface area contributed by atoms with Gasteiger partial charge in [-0.1, -0.05) is 12.1 Å². The van der Waals surface area contributed by atoms with Gasteiger partial charge in [-0.05, 0) is 13.1 Å². The molecule has 0 saturated carbocycles. The Balaban J connectivity index is 2.66. The number of fused-ring (bicyclic) bond motifs is 1. The molecular weight excluding hydrogens is 257 g/mol. The predicted molar refractivity (Wildman–Crippen MR) is 66.6 cm³/mol. The number of benzene rings is 1. The summed E-state index contributed by atoms with van der Waals surface area (Å²) in [4.78, 5) is 7.76. The normalized spacial score (nSPS) is 12.0. The van der Waals surface area contributed by atoms with Crippen molar-refractivity contribution in [2.24, 2.45) is 0 Å². The molecule has 2 aromatic rings. The van der Waals surface area contributed by atoms with Crippen LogP contribution < -0.4 is 11.1 Å². The number of hydrogen-bond acceptors (Lipinski definition) is 4. The molecule has 3 N–H and O–H groups in total. The third-order valence-corrected chi connectivity index (χ3v) is 2.74. The van der Waals surface area contributed by atoms with Crippen LogP contribution in [0.25, 0.3) is 10.9 Å². The molecule has 0 aliphatic rings. The summed E-state index contributed by atoms with van der Waals surface area (Å²) < 4.78 is 38.8. The van der Waals surface area contributed by atoms with E-state index in [1.54, 1.807) is 13.1 Å². The molecule has 0 spiro atoms. The quantitative estimate of drug-likeness (QED) is 0.895. The second-order valence-corrected chi connectivity index (χ2v) is 4.08. The molecule has 0 amide bonds. The standard InChI is InChI=1S/C12H13F3N4/c1-17-6-5-9-7-3-2-4-8(12(13,14)15)10(7)19-11(16)18-9/h2-4,17H,5-6H2,1H3,(H2,16,18,19). The van der Waals surface area contributed by atoms with E-state index in [-0.39, 0.29) is 11.5 Å². The molecule has 0 aliphatic carbocycles. The van der Waals surface area contributed by atoms with Gasteiger partial charge in [0.05, 0.1) is 16.8 Å². The van der Waals surface area contributed by atoms with Crippen LogP contribution in [0.3, 0.4) is 0 Å². The van der Waals surface area contributed by atoms with Crippen LogP contribution in [0.15, 0.2) is 18.2 Å². The molecule has 4 nitrogen and oxygen atoms in total. The van der Waals surface area contributed by atoms with E-state index in [1.807, 2.05) is 0 Å². The highest BCUT2D eigenvalue weighted by atomic mass is 19.4. The van der Waals surface area contributed by atoms with Gasteiger partial charge in [0.2, 0.25) is 5.95 Å². The zero-order chi connectivity index (χ0) is 14.0. The third-order valence-electron chi connectivity index (χ3n) is 2.74. The minimum absolute atomic E-state index is 0.143. The van der Waals surface area contributed by atoms with Gasteiger partial charge in [0.25, 0.3) is 0 Å². The smallest absolute Gasteiger partial charge is 0.368 e. The van der Waals surface area contributed by atoms with Gasteiger partial charge < -0.3 is 11.1 Å². The highest BCUT2D eigenvalue weighted by Gasteiger charge is 2.33. The number of hydrogen-bond donors (Lipinski definition) is 2. The first-order valence-corrected chi connectivity index (χ1v) is 5.70.